The van der Waals surface area contributed by atoms with Gasteiger partial charge in [-0.25, -0.2) is 0 Å². The van der Waals surface area contributed by atoms with E-state index in [1.807, 2.05) is 30.3 Å². The first-order valence-electron chi connectivity index (χ1n) is 6.57. The second kappa shape index (κ2) is 5.75. The van der Waals surface area contributed by atoms with E-state index in [1.165, 1.54) is 0 Å². The second-order valence-corrected chi connectivity index (χ2v) is 6.83. The van der Waals surface area contributed by atoms with Crippen molar-refractivity contribution in [1.29, 1.82) is 0 Å². The van der Waals surface area contributed by atoms with Crippen LogP contribution in [0.4, 0.5) is 0 Å². The lowest BCUT2D eigenvalue weighted by atomic mass is 9.73. The normalized spacial score (nSPS) is 14.3. The third kappa shape index (κ3) is 4.69. The van der Waals surface area contributed by atoms with Gasteiger partial charge in [0.2, 0.25) is 0 Å². The lowest BCUT2D eigenvalue weighted by Gasteiger charge is -2.38. The van der Waals surface area contributed by atoms with E-state index in [1.54, 1.807) is 0 Å². The van der Waals surface area contributed by atoms with E-state index in [0.29, 0.717) is 0 Å². The van der Waals surface area contributed by atoms with Crippen molar-refractivity contribution in [3.05, 3.63) is 30.3 Å². The molecule has 18 heavy (non-hydrogen) atoms. The lowest BCUT2D eigenvalue weighted by Crippen LogP contribution is -2.40. The molecule has 0 saturated heterocycles. The fraction of sp³-hybridized carbons (Fsp3) is 0.625. The molecule has 2 heteroatoms. The molecule has 0 aromatic heterocycles. The van der Waals surface area contributed by atoms with E-state index >= 15 is 0 Å². The van der Waals surface area contributed by atoms with Gasteiger partial charge in [0.25, 0.3) is 0 Å². The van der Waals surface area contributed by atoms with Gasteiger partial charge in [0.15, 0.2) is 0 Å². The van der Waals surface area contributed by atoms with Gasteiger partial charge < -0.3 is 9.84 Å². The third-order valence-corrected chi connectivity index (χ3v) is 3.04. The van der Waals surface area contributed by atoms with E-state index in [9.17, 15) is 5.11 Å². The van der Waals surface area contributed by atoms with Crippen LogP contribution in [0.25, 0.3) is 0 Å². The summed E-state index contributed by atoms with van der Waals surface area (Å²) < 4.78 is 5.92. The van der Waals surface area contributed by atoms with Gasteiger partial charge in [-0.15, -0.1) is 0 Å². The van der Waals surface area contributed by atoms with Gasteiger partial charge in [0, 0.05) is 5.41 Å². The zero-order valence-electron chi connectivity index (χ0n) is 12.2. The van der Waals surface area contributed by atoms with Crippen molar-refractivity contribution in [3.63, 3.8) is 0 Å². The van der Waals surface area contributed by atoms with Crippen LogP contribution in [0.5, 0.6) is 5.75 Å². The minimum absolute atomic E-state index is 0.0397. The molecule has 0 fully saturated rings. The summed E-state index contributed by atoms with van der Waals surface area (Å²) in [6.07, 6.45) is 0.817. The van der Waals surface area contributed by atoms with Crippen molar-refractivity contribution >= 4 is 0 Å². The van der Waals surface area contributed by atoms with Crippen molar-refractivity contribution in [3.8, 4) is 5.75 Å². The van der Waals surface area contributed by atoms with Crippen LogP contribution in [0.3, 0.4) is 0 Å². The zero-order valence-corrected chi connectivity index (χ0v) is 12.2. The molecule has 0 aliphatic heterocycles. The number of para-hydroxylation sites is 1. The predicted molar refractivity (Wildman–Crippen MR) is 75.8 cm³/mol. The summed E-state index contributed by atoms with van der Waals surface area (Å²) in [5.41, 5.74) is 0.153. The van der Waals surface area contributed by atoms with E-state index in [4.69, 9.17) is 4.74 Å². The minimum Gasteiger partial charge on any atom is -0.487 e. The molecule has 1 aromatic carbocycles. The number of aliphatic hydroxyl groups is 1. The molecule has 0 heterocycles. The van der Waals surface area contributed by atoms with Crippen LogP contribution in [-0.2, 0) is 0 Å². The highest BCUT2D eigenvalue weighted by atomic mass is 16.5. The van der Waals surface area contributed by atoms with Crippen molar-refractivity contribution in [2.45, 2.75) is 47.1 Å². The topological polar surface area (TPSA) is 29.5 Å². The van der Waals surface area contributed by atoms with Gasteiger partial charge in [-0.2, -0.15) is 0 Å². The molecule has 1 rings (SSSR count). The van der Waals surface area contributed by atoms with Gasteiger partial charge in [-0.1, -0.05) is 52.8 Å². The summed E-state index contributed by atoms with van der Waals surface area (Å²) in [7, 11) is 0. The molecule has 1 N–H and O–H groups in total. The quantitative estimate of drug-likeness (QED) is 0.859. The standard InChI is InChI=1S/C16H26O2/c1-15(2,3)12-16(4,5)14(11-17)18-13-9-7-6-8-10-13/h6-10,14,17H,11-12H2,1-5H3. The SMILES string of the molecule is CC(C)(C)CC(C)(C)C(CO)Oc1ccccc1. The number of benzene rings is 1. The summed E-state index contributed by atoms with van der Waals surface area (Å²) in [6, 6.07) is 9.70. The first-order valence-corrected chi connectivity index (χ1v) is 6.57. The monoisotopic (exact) mass is 250 g/mol. The van der Waals surface area contributed by atoms with Crippen molar-refractivity contribution in [2.75, 3.05) is 6.61 Å². The Labute approximate surface area is 111 Å². The Morgan fingerprint density at radius 2 is 1.61 bits per heavy atom. The molecule has 1 unspecified atom stereocenters. The summed E-state index contributed by atoms with van der Waals surface area (Å²) >= 11 is 0. The Morgan fingerprint density at radius 3 is 2.06 bits per heavy atom. The molecule has 0 amide bonds. The number of hydrogen-bond acceptors (Lipinski definition) is 2. The number of ether oxygens (including phenoxy) is 1. The maximum atomic E-state index is 9.59. The average Bonchev–Trinajstić information content (AvgIpc) is 2.23. The van der Waals surface area contributed by atoms with E-state index in [0.717, 1.165) is 12.2 Å². The Kier molecular flexibility index (Phi) is 4.80. The highest BCUT2D eigenvalue weighted by Gasteiger charge is 2.34. The molecule has 1 atom stereocenters. The van der Waals surface area contributed by atoms with Crippen molar-refractivity contribution in [2.24, 2.45) is 10.8 Å². The van der Waals surface area contributed by atoms with Crippen LogP contribution >= 0.6 is 0 Å². The number of rotatable bonds is 5. The summed E-state index contributed by atoms with van der Waals surface area (Å²) in [6.45, 7) is 11.0. The van der Waals surface area contributed by atoms with E-state index < -0.39 is 0 Å². The van der Waals surface area contributed by atoms with Gasteiger partial charge in [0.05, 0.1) is 6.61 Å². The Morgan fingerprint density at radius 1 is 1.06 bits per heavy atom. The zero-order chi connectivity index (χ0) is 13.8. The fourth-order valence-corrected chi connectivity index (χ4v) is 2.59. The molecule has 0 aliphatic carbocycles. The second-order valence-electron chi connectivity index (χ2n) is 6.83. The van der Waals surface area contributed by atoms with E-state index in [-0.39, 0.29) is 23.5 Å². The summed E-state index contributed by atoms with van der Waals surface area (Å²) in [5.74, 6) is 0.818. The van der Waals surface area contributed by atoms with Gasteiger partial charge >= 0.3 is 0 Å². The molecule has 0 aliphatic rings. The number of aliphatic hydroxyl groups excluding tert-OH is 1. The first-order chi connectivity index (χ1) is 8.24. The smallest absolute Gasteiger partial charge is 0.127 e. The van der Waals surface area contributed by atoms with Crippen LogP contribution in [0.2, 0.25) is 0 Å². The predicted octanol–water partition coefficient (Wildman–Crippen LogP) is 3.89. The molecule has 0 saturated carbocycles. The lowest BCUT2D eigenvalue weighted by molar-refractivity contribution is 0.00103. The van der Waals surface area contributed by atoms with Gasteiger partial charge in [-0.3, -0.25) is 0 Å². The Bertz CT molecular complexity index is 349. The highest BCUT2D eigenvalue weighted by molar-refractivity contribution is 5.21. The van der Waals surface area contributed by atoms with E-state index in [2.05, 4.69) is 34.6 Å². The average molecular weight is 250 g/mol. The minimum atomic E-state index is -0.181. The van der Waals surface area contributed by atoms with Crippen LogP contribution in [0.1, 0.15) is 41.0 Å². The van der Waals surface area contributed by atoms with Crippen LogP contribution in [0, 0.1) is 10.8 Å². The molecule has 2 nitrogen and oxygen atoms in total. The molecule has 0 bridgehead atoms. The molecular formula is C16H26O2. The largest absolute Gasteiger partial charge is 0.487 e. The summed E-state index contributed by atoms with van der Waals surface area (Å²) in [5, 5.41) is 9.59. The fourth-order valence-electron chi connectivity index (χ4n) is 2.59. The molecule has 0 radical (unpaired) electrons. The van der Waals surface area contributed by atoms with Crippen LogP contribution < -0.4 is 4.74 Å². The highest BCUT2D eigenvalue weighted by Crippen LogP contribution is 2.37. The van der Waals surface area contributed by atoms with Gasteiger partial charge in [0.1, 0.15) is 11.9 Å². The third-order valence-electron chi connectivity index (χ3n) is 3.04. The van der Waals surface area contributed by atoms with Crippen LogP contribution in [-0.4, -0.2) is 17.8 Å². The van der Waals surface area contributed by atoms with Crippen molar-refractivity contribution in [1.82, 2.24) is 0 Å². The molecule has 102 valence electrons. The van der Waals surface area contributed by atoms with Crippen LogP contribution in [0.15, 0.2) is 30.3 Å². The van der Waals surface area contributed by atoms with Gasteiger partial charge in [-0.05, 0) is 24.0 Å². The Hall–Kier alpha value is -1.02. The van der Waals surface area contributed by atoms with Crippen molar-refractivity contribution < 1.29 is 9.84 Å². The molecule has 0 spiro atoms. The first kappa shape index (κ1) is 15.0. The molecular weight excluding hydrogens is 224 g/mol. The Balaban J connectivity index is 2.76. The maximum Gasteiger partial charge on any atom is 0.127 e. The molecule has 1 aromatic rings. The summed E-state index contributed by atoms with van der Waals surface area (Å²) in [4.78, 5) is 0. The number of hydrogen-bond donors (Lipinski definition) is 1. The maximum absolute atomic E-state index is 9.59.